The monoisotopic (exact) mass is 154 g/mol. The van der Waals surface area contributed by atoms with Gasteiger partial charge in [0.1, 0.15) is 0 Å². The number of hydrogen-bond donors (Lipinski definition) is 0. The standard InChI is InChI=1S/C9H15P/c1-4-7-9(10)8(5-2)6-3/h4-5,7H,1,6,10H2,2-3H3/b8-5-,9-7+. The van der Waals surface area contributed by atoms with Crippen molar-refractivity contribution in [1.29, 1.82) is 0 Å². The Bertz CT molecular complexity index is 164. The van der Waals surface area contributed by atoms with E-state index in [0.717, 1.165) is 6.42 Å². The van der Waals surface area contributed by atoms with Gasteiger partial charge in [0.25, 0.3) is 0 Å². The van der Waals surface area contributed by atoms with Crippen molar-refractivity contribution >= 4 is 9.24 Å². The van der Waals surface area contributed by atoms with Crippen LogP contribution in [0.3, 0.4) is 0 Å². The van der Waals surface area contributed by atoms with Crippen LogP contribution in [0, 0.1) is 0 Å². The first-order valence-corrected chi connectivity index (χ1v) is 4.07. The summed E-state index contributed by atoms with van der Waals surface area (Å²) in [6.45, 7) is 7.84. The van der Waals surface area contributed by atoms with E-state index in [1.807, 2.05) is 12.2 Å². The molecule has 0 aromatic carbocycles. The molecule has 0 bridgehead atoms. The molecule has 0 amide bonds. The Morgan fingerprint density at radius 1 is 1.60 bits per heavy atom. The summed E-state index contributed by atoms with van der Waals surface area (Å²) in [6.07, 6.45) is 7.02. The first kappa shape index (κ1) is 9.65. The van der Waals surface area contributed by atoms with E-state index in [1.165, 1.54) is 10.9 Å². The van der Waals surface area contributed by atoms with Crippen LogP contribution >= 0.6 is 9.24 Å². The van der Waals surface area contributed by atoms with Crippen molar-refractivity contribution < 1.29 is 0 Å². The van der Waals surface area contributed by atoms with Gasteiger partial charge in [0.2, 0.25) is 0 Å². The molecule has 0 rings (SSSR count). The molecule has 0 radical (unpaired) electrons. The molecule has 0 N–H and O–H groups in total. The number of allylic oxidation sites excluding steroid dienone is 5. The van der Waals surface area contributed by atoms with Gasteiger partial charge in [-0.15, -0.1) is 9.24 Å². The van der Waals surface area contributed by atoms with Crippen LogP contribution in [0.4, 0.5) is 0 Å². The summed E-state index contributed by atoms with van der Waals surface area (Å²) in [5, 5.41) is 1.24. The third-order valence-corrected chi connectivity index (χ3v) is 1.96. The van der Waals surface area contributed by atoms with Gasteiger partial charge in [-0.05, 0) is 24.2 Å². The molecule has 0 aliphatic heterocycles. The Kier molecular flexibility index (Phi) is 5.25. The number of hydrogen-bond acceptors (Lipinski definition) is 0. The van der Waals surface area contributed by atoms with Crippen molar-refractivity contribution in [2.24, 2.45) is 0 Å². The molecule has 56 valence electrons. The fraction of sp³-hybridized carbons (Fsp3) is 0.333. The van der Waals surface area contributed by atoms with E-state index in [0.29, 0.717) is 0 Å². The Labute approximate surface area is 65.9 Å². The van der Waals surface area contributed by atoms with Gasteiger partial charge in [-0.1, -0.05) is 31.7 Å². The Balaban J connectivity index is 4.30. The second-order valence-electron chi connectivity index (χ2n) is 2.03. The summed E-state index contributed by atoms with van der Waals surface area (Å²) in [4.78, 5) is 0. The van der Waals surface area contributed by atoms with Crippen LogP contribution in [0.25, 0.3) is 0 Å². The first-order valence-electron chi connectivity index (χ1n) is 3.50. The van der Waals surface area contributed by atoms with Crippen LogP contribution in [-0.2, 0) is 0 Å². The van der Waals surface area contributed by atoms with E-state index in [-0.39, 0.29) is 0 Å². The van der Waals surface area contributed by atoms with Crippen molar-refractivity contribution in [2.75, 3.05) is 0 Å². The average Bonchev–Trinajstić information content (AvgIpc) is 1.91. The maximum Gasteiger partial charge on any atom is -0.0274 e. The Morgan fingerprint density at radius 2 is 2.20 bits per heavy atom. The highest BCUT2D eigenvalue weighted by molar-refractivity contribution is 7.23. The summed E-state index contributed by atoms with van der Waals surface area (Å²) in [7, 11) is 2.70. The first-order chi connectivity index (χ1) is 4.76. The quantitative estimate of drug-likeness (QED) is 0.432. The highest BCUT2D eigenvalue weighted by Gasteiger charge is 1.92. The molecule has 0 aromatic rings. The van der Waals surface area contributed by atoms with Crippen molar-refractivity contribution in [3.8, 4) is 0 Å². The predicted octanol–water partition coefficient (Wildman–Crippen LogP) is 3.29. The molecular formula is C9H15P. The molecule has 0 aliphatic rings. The fourth-order valence-electron chi connectivity index (χ4n) is 0.809. The van der Waals surface area contributed by atoms with E-state index < -0.39 is 0 Å². The van der Waals surface area contributed by atoms with Crippen molar-refractivity contribution in [3.63, 3.8) is 0 Å². The van der Waals surface area contributed by atoms with Crippen LogP contribution < -0.4 is 0 Å². The summed E-state index contributed by atoms with van der Waals surface area (Å²) in [5.41, 5.74) is 1.37. The van der Waals surface area contributed by atoms with Gasteiger partial charge in [0, 0.05) is 0 Å². The van der Waals surface area contributed by atoms with E-state index in [9.17, 15) is 0 Å². The lowest BCUT2D eigenvalue weighted by Gasteiger charge is -2.01. The van der Waals surface area contributed by atoms with Gasteiger partial charge in [-0.2, -0.15) is 0 Å². The minimum absolute atomic E-state index is 1.08. The molecule has 0 saturated heterocycles. The van der Waals surface area contributed by atoms with E-state index in [1.54, 1.807) is 0 Å². The molecule has 1 atom stereocenters. The summed E-state index contributed by atoms with van der Waals surface area (Å²) in [6, 6.07) is 0. The molecule has 10 heavy (non-hydrogen) atoms. The van der Waals surface area contributed by atoms with Gasteiger partial charge < -0.3 is 0 Å². The fourth-order valence-corrected chi connectivity index (χ4v) is 1.32. The third kappa shape index (κ3) is 2.98. The molecule has 0 aromatic heterocycles. The van der Waals surface area contributed by atoms with Gasteiger partial charge >= 0.3 is 0 Å². The van der Waals surface area contributed by atoms with Crippen LogP contribution in [0.2, 0.25) is 0 Å². The van der Waals surface area contributed by atoms with E-state index in [2.05, 4.69) is 35.7 Å². The molecule has 0 nitrogen and oxygen atoms in total. The molecule has 0 aliphatic carbocycles. The summed E-state index contributed by atoms with van der Waals surface area (Å²) in [5.74, 6) is 0. The van der Waals surface area contributed by atoms with Crippen molar-refractivity contribution in [1.82, 2.24) is 0 Å². The van der Waals surface area contributed by atoms with Crippen LogP contribution in [0.1, 0.15) is 20.3 Å². The van der Waals surface area contributed by atoms with Gasteiger partial charge in [0.05, 0.1) is 0 Å². The molecule has 0 spiro atoms. The molecular weight excluding hydrogens is 139 g/mol. The molecule has 0 heterocycles. The lowest BCUT2D eigenvalue weighted by atomic mass is 10.2. The predicted molar refractivity (Wildman–Crippen MR) is 52.0 cm³/mol. The lowest BCUT2D eigenvalue weighted by Crippen LogP contribution is -1.77. The maximum atomic E-state index is 3.63. The zero-order valence-corrected chi connectivity index (χ0v) is 7.88. The normalized spacial score (nSPS) is 13.5. The highest BCUT2D eigenvalue weighted by atomic mass is 31.0. The highest BCUT2D eigenvalue weighted by Crippen LogP contribution is 2.19. The Hall–Kier alpha value is -0.350. The lowest BCUT2D eigenvalue weighted by molar-refractivity contribution is 1.13. The molecule has 1 heteroatoms. The minimum Gasteiger partial charge on any atom is -0.105 e. The second-order valence-corrected chi connectivity index (χ2v) is 2.65. The van der Waals surface area contributed by atoms with E-state index >= 15 is 0 Å². The SMILES string of the molecule is C=C/C=C(P)\C(=C/C)CC. The smallest absolute Gasteiger partial charge is 0.0274 e. The van der Waals surface area contributed by atoms with Gasteiger partial charge in [0.15, 0.2) is 0 Å². The van der Waals surface area contributed by atoms with E-state index in [4.69, 9.17) is 0 Å². The molecule has 1 unspecified atom stereocenters. The average molecular weight is 154 g/mol. The van der Waals surface area contributed by atoms with Crippen molar-refractivity contribution in [2.45, 2.75) is 20.3 Å². The zero-order valence-electron chi connectivity index (χ0n) is 6.72. The second kappa shape index (κ2) is 5.44. The van der Waals surface area contributed by atoms with Crippen LogP contribution in [-0.4, -0.2) is 0 Å². The van der Waals surface area contributed by atoms with Crippen molar-refractivity contribution in [3.05, 3.63) is 35.7 Å². The zero-order chi connectivity index (χ0) is 7.98. The topological polar surface area (TPSA) is 0 Å². The number of rotatable bonds is 3. The molecule has 0 saturated carbocycles. The minimum atomic E-state index is 1.08. The maximum absolute atomic E-state index is 3.63. The Morgan fingerprint density at radius 3 is 2.50 bits per heavy atom. The van der Waals surface area contributed by atoms with Crippen LogP contribution in [0.15, 0.2) is 35.7 Å². The summed E-state index contributed by atoms with van der Waals surface area (Å²) < 4.78 is 0. The summed E-state index contributed by atoms with van der Waals surface area (Å²) >= 11 is 0. The van der Waals surface area contributed by atoms with Gasteiger partial charge in [-0.25, -0.2) is 0 Å². The third-order valence-electron chi connectivity index (χ3n) is 1.40. The molecule has 0 fully saturated rings. The largest absolute Gasteiger partial charge is 0.105 e. The van der Waals surface area contributed by atoms with Crippen LogP contribution in [0.5, 0.6) is 0 Å². The van der Waals surface area contributed by atoms with Gasteiger partial charge in [-0.3, -0.25) is 0 Å².